The third kappa shape index (κ3) is 2.23. The quantitative estimate of drug-likeness (QED) is 0.709. The molecule has 0 saturated carbocycles. The summed E-state index contributed by atoms with van der Waals surface area (Å²) in [5.41, 5.74) is 4.17. The van der Waals surface area contributed by atoms with E-state index < -0.39 is 0 Å². The second-order valence-corrected chi connectivity index (χ2v) is 6.08. The number of nitrogens with one attached hydrogen (secondary N) is 2. The van der Waals surface area contributed by atoms with Crippen LogP contribution in [-0.4, -0.2) is 16.8 Å². The fourth-order valence-electron chi connectivity index (χ4n) is 3.14. The van der Waals surface area contributed by atoms with E-state index in [4.69, 9.17) is 11.6 Å². The van der Waals surface area contributed by atoms with Gasteiger partial charge >= 0.3 is 0 Å². The Morgan fingerprint density at radius 2 is 1.95 bits per heavy atom. The molecule has 0 fully saturated rings. The van der Waals surface area contributed by atoms with Gasteiger partial charge in [0.15, 0.2) is 5.78 Å². The third-order valence-corrected chi connectivity index (χ3v) is 4.50. The van der Waals surface area contributed by atoms with Crippen LogP contribution in [0.5, 0.6) is 0 Å². The molecule has 1 unspecified atom stereocenters. The van der Waals surface area contributed by atoms with Gasteiger partial charge in [-0.2, -0.15) is 0 Å². The van der Waals surface area contributed by atoms with Gasteiger partial charge in [0.2, 0.25) is 0 Å². The highest BCUT2D eigenvalue weighted by atomic mass is 35.5. The van der Waals surface area contributed by atoms with Crippen LogP contribution in [0.2, 0.25) is 5.02 Å². The molecule has 3 nitrogen and oxygen atoms in total. The highest BCUT2D eigenvalue weighted by Crippen LogP contribution is 2.29. The van der Waals surface area contributed by atoms with Gasteiger partial charge in [0.05, 0.1) is 6.04 Å². The Labute approximate surface area is 133 Å². The lowest BCUT2D eigenvalue weighted by Crippen LogP contribution is -2.41. The van der Waals surface area contributed by atoms with Crippen molar-refractivity contribution in [3.05, 3.63) is 70.4 Å². The highest BCUT2D eigenvalue weighted by Gasteiger charge is 2.27. The van der Waals surface area contributed by atoms with Crippen molar-refractivity contribution in [1.29, 1.82) is 0 Å². The lowest BCUT2D eigenvalue weighted by atomic mass is 9.94. The smallest absolute Gasteiger partial charge is 0.180 e. The SMILES string of the molecule is O=C(c1ccccc1)C1Cc2[nH]c3ccc(Cl)cc3c2CN1. The molecule has 0 radical (unpaired) electrons. The summed E-state index contributed by atoms with van der Waals surface area (Å²) in [6.07, 6.45) is 0.676. The van der Waals surface area contributed by atoms with Crippen molar-refractivity contribution in [1.82, 2.24) is 10.3 Å². The van der Waals surface area contributed by atoms with Crippen LogP contribution >= 0.6 is 11.6 Å². The molecule has 0 bridgehead atoms. The van der Waals surface area contributed by atoms with Crippen LogP contribution in [0.15, 0.2) is 48.5 Å². The maximum Gasteiger partial charge on any atom is 0.180 e. The normalized spacial score (nSPS) is 17.4. The number of rotatable bonds is 2. The van der Waals surface area contributed by atoms with Crippen molar-refractivity contribution in [2.45, 2.75) is 19.0 Å². The molecule has 4 rings (SSSR count). The summed E-state index contributed by atoms with van der Waals surface area (Å²) in [5, 5.41) is 5.23. The van der Waals surface area contributed by atoms with E-state index in [0.717, 1.165) is 27.2 Å². The van der Waals surface area contributed by atoms with Crippen molar-refractivity contribution < 1.29 is 4.79 Å². The van der Waals surface area contributed by atoms with Gasteiger partial charge in [-0.25, -0.2) is 0 Å². The number of aromatic nitrogens is 1. The number of Topliss-reactive ketones (excluding diaryl/α,β-unsaturated/α-hetero) is 1. The average molecular weight is 311 g/mol. The number of carbonyl (C=O) groups is 1. The Morgan fingerprint density at radius 3 is 2.77 bits per heavy atom. The molecule has 0 spiro atoms. The Hall–Kier alpha value is -2.10. The lowest BCUT2D eigenvalue weighted by molar-refractivity contribution is 0.0937. The second kappa shape index (κ2) is 5.27. The van der Waals surface area contributed by atoms with Crippen LogP contribution in [0, 0.1) is 0 Å². The number of hydrogen-bond acceptors (Lipinski definition) is 2. The summed E-state index contributed by atoms with van der Waals surface area (Å²) >= 11 is 6.09. The van der Waals surface area contributed by atoms with E-state index in [1.165, 1.54) is 5.56 Å². The van der Waals surface area contributed by atoms with Crippen LogP contribution in [0.25, 0.3) is 10.9 Å². The minimum Gasteiger partial charge on any atom is -0.358 e. The van der Waals surface area contributed by atoms with Crippen LogP contribution in [0.3, 0.4) is 0 Å². The van der Waals surface area contributed by atoms with Crippen molar-refractivity contribution >= 4 is 28.3 Å². The fraction of sp³-hybridized carbons (Fsp3) is 0.167. The van der Waals surface area contributed by atoms with E-state index in [2.05, 4.69) is 10.3 Å². The minimum atomic E-state index is -0.182. The highest BCUT2D eigenvalue weighted by molar-refractivity contribution is 6.31. The van der Waals surface area contributed by atoms with Gasteiger partial charge in [0.25, 0.3) is 0 Å². The summed E-state index contributed by atoms with van der Waals surface area (Å²) < 4.78 is 0. The van der Waals surface area contributed by atoms with Gasteiger partial charge in [-0.15, -0.1) is 0 Å². The van der Waals surface area contributed by atoms with Crippen molar-refractivity contribution in [3.8, 4) is 0 Å². The van der Waals surface area contributed by atoms with E-state index in [1.54, 1.807) is 0 Å². The molecule has 22 heavy (non-hydrogen) atoms. The maximum atomic E-state index is 12.6. The van der Waals surface area contributed by atoms with Crippen LogP contribution in [0.4, 0.5) is 0 Å². The molecule has 0 saturated heterocycles. The summed E-state index contributed by atoms with van der Waals surface area (Å²) in [5.74, 6) is 0.142. The molecule has 110 valence electrons. The molecule has 1 aliphatic rings. The molecule has 2 aromatic carbocycles. The number of carbonyl (C=O) groups excluding carboxylic acids is 1. The number of ketones is 1. The zero-order chi connectivity index (χ0) is 15.1. The van der Waals surface area contributed by atoms with E-state index >= 15 is 0 Å². The number of halogens is 1. The summed E-state index contributed by atoms with van der Waals surface area (Å²) in [4.78, 5) is 16.0. The topological polar surface area (TPSA) is 44.9 Å². The molecule has 1 aromatic heterocycles. The van der Waals surface area contributed by atoms with Crippen LogP contribution < -0.4 is 5.32 Å². The second-order valence-electron chi connectivity index (χ2n) is 5.64. The standard InChI is InChI=1S/C18H15ClN2O/c19-12-6-7-15-13(8-12)14-10-20-17(9-16(14)21-15)18(22)11-4-2-1-3-5-11/h1-8,17,20-21H,9-10H2. The first-order valence-corrected chi connectivity index (χ1v) is 7.72. The molecule has 0 amide bonds. The van der Waals surface area contributed by atoms with Gasteiger partial charge in [-0.05, 0) is 23.8 Å². The van der Waals surface area contributed by atoms with Gasteiger partial charge in [0, 0.05) is 40.1 Å². The Bertz CT molecular complexity index is 854. The molecule has 4 heteroatoms. The Morgan fingerprint density at radius 1 is 1.14 bits per heavy atom. The summed E-state index contributed by atoms with van der Waals surface area (Å²) in [6, 6.07) is 15.1. The van der Waals surface area contributed by atoms with Gasteiger partial charge in [-0.1, -0.05) is 41.9 Å². The van der Waals surface area contributed by atoms with Crippen molar-refractivity contribution in [3.63, 3.8) is 0 Å². The van der Waals surface area contributed by atoms with Crippen molar-refractivity contribution in [2.75, 3.05) is 0 Å². The number of benzene rings is 2. The van der Waals surface area contributed by atoms with Crippen LogP contribution in [-0.2, 0) is 13.0 Å². The van der Waals surface area contributed by atoms with E-state index in [0.29, 0.717) is 13.0 Å². The molecule has 3 aromatic rings. The predicted molar refractivity (Wildman–Crippen MR) is 88.4 cm³/mol. The van der Waals surface area contributed by atoms with Crippen molar-refractivity contribution in [2.24, 2.45) is 0 Å². The monoisotopic (exact) mass is 310 g/mol. The first kappa shape index (κ1) is 13.6. The summed E-state index contributed by atoms with van der Waals surface area (Å²) in [7, 11) is 0. The molecular formula is C18H15ClN2O. The van der Waals surface area contributed by atoms with Gasteiger partial charge in [-0.3, -0.25) is 4.79 Å². The number of fused-ring (bicyclic) bond motifs is 3. The maximum absolute atomic E-state index is 12.6. The molecule has 1 aliphatic heterocycles. The Kier molecular flexibility index (Phi) is 3.25. The summed E-state index contributed by atoms with van der Waals surface area (Å²) in [6.45, 7) is 0.679. The fourth-order valence-corrected chi connectivity index (χ4v) is 3.31. The molecule has 0 aliphatic carbocycles. The van der Waals surface area contributed by atoms with E-state index in [-0.39, 0.29) is 11.8 Å². The van der Waals surface area contributed by atoms with Gasteiger partial charge in [0.1, 0.15) is 0 Å². The molecule has 1 atom stereocenters. The largest absolute Gasteiger partial charge is 0.358 e. The molecule has 2 N–H and O–H groups in total. The number of H-pyrrole nitrogens is 1. The predicted octanol–water partition coefficient (Wildman–Crippen LogP) is 3.72. The van der Waals surface area contributed by atoms with Crippen LogP contribution in [0.1, 0.15) is 21.6 Å². The van der Waals surface area contributed by atoms with Gasteiger partial charge < -0.3 is 10.3 Å². The Balaban J connectivity index is 1.67. The minimum absolute atomic E-state index is 0.142. The van der Waals surface area contributed by atoms with E-state index in [1.807, 2.05) is 48.5 Å². The third-order valence-electron chi connectivity index (χ3n) is 4.26. The zero-order valence-electron chi connectivity index (χ0n) is 11.9. The lowest BCUT2D eigenvalue weighted by Gasteiger charge is -2.23. The first-order chi connectivity index (χ1) is 10.7. The molecule has 2 heterocycles. The molecular weight excluding hydrogens is 296 g/mol. The zero-order valence-corrected chi connectivity index (χ0v) is 12.7. The number of hydrogen-bond donors (Lipinski definition) is 2. The van der Waals surface area contributed by atoms with E-state index in [9.17, 15) is 4.79 Å². The number of aromatic amines is 1. The first-order valence-electron chi connectivity index (χ1n) is 7.34. The average Bonchev–Trinajstić information content (AvgIpc) is 2.92.